The van der Waals surface area contributed by atoms with Gasteiger partial charge in [-0.15, -0.1) is 0 Å². The number of nitrogens with zero attached hydrogens (tertiary/aromatic N) is 1. The zero-order valence-electron chi connectivity index (χ0n) is 9.97. The Morgan fingerprint density at radius 1 is 1.47 bits per heavy atom. The minimum Gasteiger partial charge on any atom is -0.486 e. The van der Waals surface area contributed by atoms with Gasteiger partial charge in [0, 0.05) is 6.20 Å². The second-order valence-corrected chi connectivity index (χ2v) is 4.36. The molecule has 1 aliphatic carbocycles. The summed E-state index contributed by atoms with van der Waals surface area (Å²) >= 11 is 0. The van der Waals surface area contributed by atoms with E-state index in [1.807, 2.05) is 13.8 Å². The number of carbonyl (C=O) groups is 1. The maximum Gasteiger partial charge on any atom is 0.254 e. The van der Waals surface area contributed by atoms with Crippen LogP contribution in [0.15, 0.2) is 12.4 Å². The first-order chi connectivity index (χ1) is 8.08. The predicted molar refractivity (Wildman–Crippen MR) is 62.2 cm³/mol. The number of primary amides is 1. The maximum atomic E-state index is 11.3. The SMILES string of the molecule is CC(C)Oc1c(OC2CC2)cncc1C(N)=O. The van der Waals surface area contributed by atoms with Crippen molar-refractivity contribution >= 4 is 5.91 Å². The second-order valence-electron chi connectivity index (χ2n) is 4.36. The number of aromatic nitrogens is 1. The molecule has 1 aliphatic rings. The van der Waals surface area contributed by atoms with Crippen LogP contribution in [0.25, 0.3) is 0 Å². The molecule has 0 unspecified atom stereocenters. The molecule has 1 aromatic heterocycles. The smallest absolute Gasteiger partial charge is 0.254 e. The van der Waals surface area contributed by atoms with Gasteiger partial charge in [0.05, 0.1) is 18.4 Å². The first kappa shape index (κ1) is 11.7. The maximum absolute atomic E-state index is 11.3. The van der Waals surface area contributed by atoms with Crippen molar-refractivity contribution < 1.29 is 14.3 Å². The van der Waals surface area contributed by atoms with E-state index in [1.54, 1.807) is 6.20 Å². The molecule has 0 atom stereocenters. The van der Waals surface area contributed by atoms with E-state index in [4.69, 9.17) is 15.2 Å². The van der Waals surface area contributed by atoms with Gasteiger partial charge in [-0.1, -0.05) is 0 Å². The molecule has 0 radical (unpaired) electrons. The summed E-state index contributed by atoms with van der Waals surface area (Å²) in [6, 6.07) is 0. The Hall–Kier alpha value is -1.78. The van der Waals surface area contributed by atoms with E-state index in [-0.39, 0.29) is 17.8 Å². The molecule has 0 bridgehead atoms. The lowest BCUT2D eigenvalue weighted by Gasteiger charge is -2.16. The third-order valence-corrected chi connectivity index (χ3v) is 2.30. The molecule has 1 heterocycles. The van der Waals surface area contributed by atoms with Gasteiger partial charge >= 0.3 is 0 Å². The number of hydrogen-bond acceptors (Lipinski definition) is 4. The predicted octanol–water partition coefficient (Wildman–Crippen LogP) is 1.51. The van der Waals surface area contributed by atoms with Crippen LogP contribution in [0.2, 0.25) is 0 Å². The normalized spacial score (nSPS) is 14.8. The van der Waals surface area contributed by atoms with Crippen molar-refractivity contribution in [3.05, 3.63) is 18.0 Å². The summed E-state index contributed by atoms with van der Waals surface area (Å²) in [4.78, 5) is 15.3. The average Bonchev–Trinajstić information content (AvgIpc) is 3.03. The first-order valence-electron chi connectivity index (χ1n) is 5.69. The van der Waals surface area contributed by atoms with Crippen molar-refractivity contribution in [2.75, 3.05) is 0 Å². The summed E-state index contributed by atoms with van der Waals surface area (Å²) in [7, 11) is 0. The van der Waals surface area contributed by atoms with Gasteiger partial charge in [0.25, 0.3) is 5.91 Å². The van der Waals surface area contributed by atoms with Crippen LogP contribution in [0.1, 0.15) is 37.0 Å². The second kappa shape index (κ2) is 4.61. The van der Waals surface area contributed by atoms with E-state index >= 15 is 0 Å². The van der Waals surface area contributed by atoms with Gasteiger partial charge in [0.2, 0.25) is 0 Å². The Balaban J connectivity index is 2.34. The van der Waals surface area contributed by atoms with Crippen LogP contribution in [0, 0.1) is 0 Å². The standard InChI is InChI=1S/C12H16N2O3/c1-7(2)16-11-9(12(13)15)5-14-6-10(11)17-8-3-4-8/h5-8H,3-4H2,1-2H3,(H2,13,15). The zero-order chi connectivity index (χ0) is 12.4. The van der Waals surface area contributed by atoms with Crippen molar-refractivity contribution in [2.45, 2.75) is 38.9 Å². The summed E-state index contributed by atoms with van der Waals surface area (Å²) < 4.78 is 11.3. The number of ether oxygens (including phenoxy) is 2. The fraction of sp³-hybridized carbons (Fsp3) is 0.500. The molecule has 0 aromatic carbocycles. The van der Waals surface area contributed by atoms with Crippen molar-refractivity contribution in [2.24, 2.45) is 5.73 Å². The van der Waals surface area contributed by atoms with Crippen LogP contribution < -0.4 is 15.2 Å². The monoisotopic (exact) mass is 236 g/mol. The molecule has 5 heteroatoms. The minimum atomic E-state index is -0.561. The van der Waals surface area contributed by atoms with Crippen LogP contribution in [0.5, 0.6) is 11.5 Å². The van der Waals surface area contributed by atoms with E-state index in [1.165, 1.54) is 6.20 Å². The molecule has 5 nitrogen and oxygen atoms in total. The quantitative estimate of drug-likeness (QED) is 0.840. The number of pyridine rings is 1. The van der Waals surface area contributed by atoms with Crippen molar-refractivity contribution in [1.29, 1.82) is 0 Å². The fourth-order valence-corrected chi connectivity index (χ4v) is 1.41. The Labute approximate surface area is 99.9 Å². The summed E-state index contributed by atoms with van der Waals surface area (Å²) in [5.74, 6) is 0.335. The lowest BCUT2D eigenvalue weighted by Crippen LogP contribution is -2.17. The molecule has 17 heavy (non-hydrogen) atoms. The number of hydrogen-bond donors (Lipinski definition) is 1. The van der Waals surface area contributed by atoms with E-state index in [2.05, 4.69) is 4.98 Å². The molecule has 1 fully saturated rings. The van der Waals surface area contributed by atoms with Gasteiger partial charge in [0.15, 0.2) is 11.5 Å². The molecule has 0 saturated heterocycles. The van der Waals surface area contributed by atoms with E-state index in [9.17, 15) is 4.79 Å². The van der Waals surface area contributed by atoms with E-state index in [0.29, 0.717) is 11.5 Å². The molecule has 1 saturated carbocycles. The molecule has 1 amide bonds. The van der Waals surface area contributed by atoms with Gasteiger partial charge in [-0.2, -0.15) is 0 Å². The average molecular weight is 236 g/mol. The van der Waals surface area contributed by atoms with Crippen LogP contribution in [0.3, 0.4) is 0 Å². The van der Waals surface area contributed by atoms with Crippen LogP contribution in [-0.4, -0.2) is 23.1 Å². The lowest BCUT2D eigenvalue weighted by molar-refractivity contribution is 0.0992. The Morgan fingerprint density at radius 2 is 2.18 bits per heavy atom. The summed E-state index contributed by atoms with van der Waals surface area (Å²) in [6.45, 7) is 3.76. The molecule has 0 spiro atoms. The summed E-state index contributed by atoms with van der Waals surface area (Å²) in [5, 5.41) is 0. The van der Waals surface area contributed by atoms with Gasteiger partial charge in [0.1, 0.15) is 5.56 Å². The highest BCUT2D eigenvalue weighted by molar-refractivity contribution is 5.96. The number of rotatable bonds is 5. The third-order valence-electron chi connectivity index (χ3n) is 2.30. The Kier molecular flexibility index (Phi) is 3.17. The van der Waals surface area contributed by atoms with Crippen molar-refractivity contribution in [3.8, 4) is 11.5 Å². The summed E-state index contributed by atoms with van der Waals surface area (Å²) in [5.41, 5.74) is 5.55. The minimum absolute atomic E-state index is 0.0583. The highest BCUT2D eigenvalue weighted by Crippen LogP contribution is 2.35. The number of carbonyl (C=O) groups excluding carboxylic acids is 1. The van der Waals surface area contributed by atoms with Crippen molar-refractivity contribution in [1.82, 2.24) is 4.98 Å². The van der Waals surface area contributed by atoms with Crippen LogP contribution >= 0.6 is 0 Å². The van der Waals surface area contributed by atoms with E-state index in [0.717, 1.165) is 12.8 Å². The Bertz CT molecular complexity index is 428. The number of amides is 1. The van der Waals surface area contributed by atoms with Crippen LogP contribution in [-0.2, 0) is 0 Å². The lowest BCUT2D eigenvalue weighted by atomic mass is 10.2. The molecular weight excluding hydrogens is 220 g/mol. The summed E-state index contributed by atoms with van der Waals surface area (Å²) in [6.07, 6.45) is 5.18. The van der Waals surface area contributed by atoms with Crippen LogP contribution in [0.4, 0.5) is 0 Å². The fourth-order valence-electron chi connectivity index (χ4n) is 1.41. The number of nitrogens with two attached hydrogens (primary N) is 1. The third kappa shape index (κ3) is 2.87. The zero-order valence-corrected chi connectivity index (χ0v) is 9.97. The highest BCUT2D eigenvalue weighted by Gasteiger charge is 2.27. The molecule has 2 rings (SSSR count). The molecule has 92 valence electrons. The highest BCUT2D eigenvalue weighted by atomic mass is 16.5. The Morgan fingerprint density at radius 3 is 2.71 bits per heavy atom. The molecule has 1 aromatic rings. The first-order valence-corrected chi connectivity index (χ1v) is 5.69. The largest absolute Gasteiger partial charge is 0.486 e. The van der Waals surface area contributed by atoms with Gasteiger partial charge in [-0.3, -0.25) is 9.78 Å². The molecule has 2 N–H and O–H groups in total. The van der Waals surface area contributed by atoms with Gasteiger partial charge < -0.3 is 15.2 Å². The topological polar surface area (TPSA) is 74.4 Å². The van der Waals surface area contributed by atoms with Crippen molar-refractivity contribution in [3.63, 3.8) is 0 Å². The molecule has 0 aliphatic heterocycles. The molecular formula is C12H16N2O3. The van der Waals surface area contributed by atoms with Gasteiger partial charge in [-0.05, 0) is 26.7 Å². The van der Waals surface area contributed by atoms with Gasteiger partial charge in [-0.25, -0.2) is 0 Å². The van der Waals surface area contributed by atoms with E-state index < -0.39 is 5.91 Å².